The number of likely N-dealkylation sites (N-methyl/N-ethyl adjacent to an activating group) is 1. The summed E-state index contributed by atoms with van der Waals surface area (Å²) >= 11 is 0. The van der Waals surface area contributed by atoms with E-state index in [0.29, 0.717) is 6.04 Å². The second kappa shape index (κ2) is 8.14. The Bertz CT molecular complexity index is 455. The van der Waals surface area contributed by atoms with Gasteiger partial charge in [-0.25, -0.2) is 0 Å². The molecule has 0 saturated carbocycles. The van der Waals surface area contributed by atoms with Crippen LogP contribution in [0.3, 0.4) is 0 Å². The molecule has 0 bridgehead atoms. The highest BCUT2D eigenvalue weighted by atomic mass is 15.2. The van der Waals surface area contributed by atoms with E-state index in [1.807, 2.05) is 24.3 Å². The summed E-state index contributed by atoms with van der Waals surface area (Å²) in [6.07, 6.45) is 1.18. The van der Waals surface area contributed by atoms with Gasteiger partial charge in [-0.2, -0.15) is 5.26 Å². The lowest BCUT2D eigenvalue weighted by Gasteiger charge is -2.32. The van der Waals surface area contributed by atoms with E-state index in [9.17, 15) is 0 Å². The highest BCUT2D eigenvalue weighted by Crippen LogP contribution is 2.13. The van der Waals surface area contributed by atoms with E-state index in [0.717, 1.165) is 12.1 Å². The van der Waals surface area contributed by atoms with Crippen molar-refractivity contribution in [2.45, 2.75) is 19.4 Å². The van der Waals surface area contributed by atoms with Crippen LogP contribution in [-0.2, 0) is 0 Å². The van der Waals surface area contributed by atoms with Crippen LogP contribution in [-0.4, -0.2) is 56.1 Å². The molecule has 114 valence electrons. The Balaban J connectivity index is 1.64. The SMILES string of the molecule is CC(NCCCN1CCN(C)CC1)c1ccc(C#N)cc1. The molecule has 1 atom stereocenters. The van der Waals surface area contributed by atoms with Gasteiger partial charge in [0.25, 0.3) is 0 Å². The Morgan fingerprint density at radius 1 is 1.19 bits per heavy atom. The Kier molecular flexibility index (Phi) is 6.19. The summed E-state index contributed by atoms with van der Waals surface area (Å²) in [4.78, 5) is 4.94. The van der Waals surface area contributed by atoms with Crippen LogP contribution in [0.5, 0.6) is 0 Å². The third-order valence-corrected chi connectivity index (χ3v) is 4.24. The zero-order valence-corrected chi connectivity index (χ0v) is 13.2. The zero-order chi connectivity index (χ0) is 15.1. The molecule has 1 aliphatic rings. The molecule has 0 radical (unpaired) electrons. The van der Waals surface area contributed by atoms with Crippen LogP contribution in [0.4, 0.5) is 0 Å². The number of nitrogens with zero attached hydrogens (tertiary/aromatic N) is 3. The molecule has 0 spiro atoms. The number of nitriles is 1. The largest absolute Gasteiger partial charge is 0.310 e. The van der Waals surface area contributed by atoms with Gasteiger partial charge in [0.1, 0.15) is 0 Å². The van der Waals surface area contributed by atoms with Gasteiger partial charge in [-0.15, -0.1) is 0 Å². The van der Waals surface area contributed by atoms with Crippen molar-refractivity contribution in [3.8, 4) is 6.07 Å². The number of hydrogen-bond donors (Lipinski definition) is 1. The van der Waals surface area contributed by atoms with E-state index >= 15 is 0 Å². The molecule has 1 unspecified atom stereocenters. The van der Waals surface area contributed by atoms with E-state index in [-0.39, 0.29) is 0 Å². The smallest absolute Gasteiger partial charge is 0.0991 e. The normalized spacial score (nSPS) is 18.3. The fourth-order valence-corrected chi connectivity index (χ4v) is 2.66. The van der Waals surface area contributed by atoms with Gasteiger partial charge in [0.2, 0.25) is 0 Å². The monoisotopic (exact) mass is 286 g/mol. The Labute approximate surface area is 128 Å². The first-order valence-electron chi connectivity index (χ1n) is 7.83. The summed E-state index contributed by atoms with van der Waals surface area (Å²) in [5, 5.41) is 12.4. The van der Waals surface area contributed by atoms with E-state index in [2.05, 4.69) is 35.2 Å². The lowest BCUT2D eigenvalue weighted by Crippen LogP contribution is -2.45. The van der Waals surface area contributed by atoms with Gasteiger partial charge in [-0.1, -0.05) is 12.1 Å². The van der Waals surface area contributed by atoms with Gasteiger partial charge in [0, 0.05) is 32.2 Å². The molecule has 1 saturated heterocycles. The first-order valence-corrected chi connectivity index (χ1v) is 7.83. The van der Waals surface area contributed by atoms with Crippen LogP contribution >= 0.6 is 0 Å². The predicted octanol–water partition coefficient (Wildman–Crippen LogP) is 1.85. The van der Waals surface area contributed by atoms with Crippen LogP contribution in [0.2, 0.25) is 0 Å². The van der Waals surface area contributed by atoms with Gasteiger partial charge in [0.15, 0.2) is 0 Å². The third-order valence-electron chi connectivity index (χ3n) is 4.24. The molecule has 0 aliphatic carbocycles. The van der Waals surface area contributed by atoms with E-state index in [1.54, 1.807) is 0 Å². The van der Waals surface area contributed by atoms with Crippen molar-refractivity contribution in [2.75, 3.05) is 46.3 Å². The number of piperazine rings is 1. The Morgan fingerprint density at radius 3 is 2.48 bits per heavy atom. The Hall–Kier alpha value is -1.41. The molecule has 1 aliphatic heterocycles. The third kappa shape index (κ3) is 5.13. The van der Waals surface area contributed by atoms with Gasteiger partial charge in [-0.3, -0.25) is 0 Å². The molecule has 4 heteroatoms. The Morgan fingerprint density at radius 2 is 1.86 bits per heavy atom. The predicted molar refractivity (Wildman–Crippen MR) is 86.1 cm³/mol. The second-order valence-electron chi connectivity index (χ2n) is 5.91. The first kappa shape index (κ1) is 16.0. The molecule has 1 heterocycles. The van der Waals surface area contributed by atoms with Gasteiger partial charge in [-0.05, 0) is 51.2 Å². The molecule has 1 N–H and O–H groups in total. The summed E-state index contributed by atoms with van der Waals surface area (Å²) in [5.41, 5.74) is 1.97. The lowest BCUT2D eigenvalue weighted by molar-refractivity contribution is 0.152. The molecular formula is C17H26N4. The summed E-state index contributed by atoms with van der Waals surface area (Å²) in [5.74, 6) is 0. The summed E-state index contributed by atoms with van der Waals surface area (Å²) in [6, 6.07) is 10.3. The maximum atomic E-state index is 8.81. The van der Waals surface area contributed by atoms with Crippen molar-refractivity contribution in [3.05, 3.63) is 35.4 Å². The number of nitrogens with one attached hydrogen (secondary N) is 1. The number of benzene rings is 1. The van der Waals surface area contributed by atoms with Gasteiger partial charge >= 0.3 is 0 Å². The van der Waals surface area contributed by atoms with Crippen LogP contribution in [0.15, 0.2) is 24.3 Å². The molecule has 4 nitrogen and oxygen atoms in total. The van der Waals surface area contributed by atoms with E-state index in [1.165, 1.54) is 44.7 Å². The average Bonchev–Trinajstić information content (AvgIpc) is 2.53. The molecule has 1 aromatic carbocycles. The zero-order valence-electron chi connectivity index (χ0n) is 13.2. The minimum absolute atomic E-state index is 0.338. The standard InChI is InChI=1S/C17H26N4/c1-15(17-6-4-16(14-18)5-7-17)19-8-3-9-21-12-10-20(2)11-13-21/h4-7,15,19H,3,8-13H2,1-2H3. The highest BCUT2D eigenvalue weighted by Gasteiger charge is 2.13. The topological polar surface area (TPSA) is 42.3 Å². The van der Waals surface area contributed by atoms with Crippen molar-refractivity contribution in [3.63, 3.8) is 0 Å². The molecular weight excluding hydrogens is 260 g/mol. The first-order chi connectivity index (χ1) is 10.2. The van der Waals surface area contributed by atoms with Crippen LogP contribution in [0, 0.1) is 11.3 Å². The maximum absolute atomic E-state index is 8.81. The summed E-state index contributed by atoms with van der Waals surface area (Å²) in [7, 11) is 2.19. The highest BCUT2D eigenvalue weighted by molar-refractivity contribution is 5.32. The molecule has 0 amide bonds. The van der Waals surface area contributed by atoms with Crippen molar-refractivity contribution in [1.82, 2.24) is 15.1 Å². The molecule has 0 aromatic heterocycles. The molecule has 1 fully saturated rings. The van der Waals surface area contributed by atoms with Crippen molar-refractivity contribution >= 4 is 0 Å². The quantitative estimate of drug-likeness (QED) is 0.810. The minimum Gasteiger partial charge on any atom is -0.310 e. The second-order valence-corrected chi connectivity index (χ2v) is 5.91. The fourth-order valence-electron chi connectivity index (χ4n) is 2.66. The minimum atomic E-state index is 0.338. The number of rotatable bonds is 6. The van der Waals surface area contributed by atoms with E-state index in [4.69, 9.17) is 5.26 Å². The molecule has 2 rings (SSSR count). The van der Waals surface area contributed by atoms with Crippen LogP contribution in [0.1, 0.15) is 30.5 Å². The van der Waals surface area contributed by atoms with Crippen LogP contribution < -0.4 is 5.32 Å². The van der Waals surface area contributed by atoms with Gasteiger partial charge in [0.05, 0.1) is 11.6 Å². The number of hydrogen-bond acceptors (Lipinski definition) is 4. The fraction of sp³-hybridized carbons (Fsp3) is 0.588. The summed E-state index contributed by atoms with van der Waals surface area (Å²) < 4.78 is 0. The molecule has 21 heavy (non-hydrogen) atoms. The maximum Gasteiger partial charge on any atom is 0.0991 e. The van der Waals surface area contributed by atoms with Gasteiger partial charge < -0.3 is 15.1 Å². The van der Waals surface area contributed by atoms with Crippen molar-refractivity contribution in [2.24, 2.45) is 0 Å². The van der Waals surface area contributed by atoms with Crippen molar-refractivity contribution < 1.29 is 0 Å². The average molecular weight is 286 g/mol. The van der Waals surface area contributed by atoms with E-state index < -0.39 is 0 Å². The van der Waals surface area contributed by atoms with Crippen molar-refractivity contribution in [1.29, 1.82) is 5.26 Å². The summed E-state index contributed by atoms with van der Waals surface area (Å²) in [6.45, 7) is 9.17. The molecule has 1 aromatic rings. The van der Waals surface area contributed by atoms with Crippen LogP contribution in [0.25, 0.3) is 0 Å². The lowest BCUT2D eigenvalue weighted by atomic mass is 10.1.